The quantitative estimate of drug-likeness (QED) is 0.337. The predicted molar refractivity (Wildman–Crippen MR) is 116 cm³/mol. The van der Waals surface area contributed by atoms with Crippen LogP contribution in [0.5, 0.6) is 0 Å². The molecule has 0 aliphatic carbocycles. The van der Waals surface area contributed by atoms with Crippen molar-refractivity contribution in [1.29, 1.82) is 0 Å². The zero-order valence-corrected chi connectivity index (χ0v) is 18.3. The van der Waals surface area contributed by atoms with Crippen molar-refractivity contribution in [3.8, 4) is 0 Å². The average molecular weight is 464 g/mol. The van der Waals surface area contributed by atoms with Crippen molar-refractivity contribution < 1.29 is 22.7 Å². The number of methoxy groups -OCH3 is 1. The maximum Gasteiger partial charge on any atom is 0.337 e. The summed E-state index contributed by atoms with van der Waals surface area (Å²) in [4.78, 5) is 29.7. The smallest absolute Gasteiger partial charge is 0.337 e. The first kappa shape index (κ1) is 22.2. The van der Waals surface area contributed by atoms with E-state index in [4.69, 9.17) is 11.6 Å². The van der Waals surface area contributed by atoms with Crippen LogP contribution in [0, 0.1) is 0 Å². The lowest BCUT2D eigenvalue weighted by molar-refractivity contribution is 0.0600. The van der Waals surface area contributed by atoms with Gasteiger partial charge in [-0.05, 0) is 36.4 Å². The van der Waals surface area contributed by atoms with E-state index < -0.39 is 21.9 Å². The van der Waals surface area contributed by atoms with Crippen LogP contribution in [-0.4, -0.2) is 62.4 Å². The fourth-order valence-electron chi connectivity index (χ4n) is 2.58. The van der Waals surface area contributed by atoms with E-state index in [1.807, 2.05) is 0 Å². The molecule has 0 aliphatic heterocycles. The number of nitrogens with one attached hydrogen (secondary N) is 1. The van der Waals surface area contributed by atoms with E-state index >= 15 is 0 Å². The second-order valence-electron chi connectivity index (χ2n) is 6.56. The summed E-state index contributed by atoms with van der Waals surface area (Å²) in [6.45, 7) is 0. The van der Waals surface area contributed by atoms with Crippen LogP contribution >= 0.6 is 11.6 Å². The number of aromatic nitrogens is 2. The van der Waals surface area contributed by atoms with Gasteiger partial charge in [0, 0.05) is 19.7 Å². The van der Waals surface area contributed by atoms with Gasteiger partial charge in [-0.25, -0.2) is 14.5 Å². The largest absolute Gasteiger partial charge is 0.465 e. The molecule has 2 aromatic carbocycles. The van der Waals surface area contributed by atoms with Gasteiger partial charge in [-0.2, -0.15) is 8.42 Å². The Morgan fingerprint density at radius 3 is 2.58 bits per heavy atom. The molecule has 0 fully saturated rings. The summed E-state index contributed by atoms with van der Waals surface area (Å²) < 4.78 is 34.5. The lowest BCUT2D eigenvalue weighted by Crippen LogP contribution is -2.22. The number of hydrogen-bond donors (Lipinski definition) is 1. The molecule has 1 amide bonds. The molecule has 0 unspecified atom stereocenters. The van der Waals surface area contributed by atoms with E-state index in [1.165, 1.54) is 47.3 Å². The maximum atomic E-state index is 12.7. The third-order valence-corrected chi connectivity index (χ3v) is 5.79. The molecular weight excluding hydrogens is 446 g/mol. The molecule has 0 aliphatic rings. The van der Waals surface area contributed by atoms with Crippen LogP contribution in [-0.2, 0) is 14.8 Å². The van der Waals surface area contributed by atoms with Crippen molar-refractivity contribution >= 4 is 50.9 Å². The molecule has 0 saturated heterocycles. The number of imidazole rings is 1. The first-order valence-electron chi connectivity index (χ1n) is 8.75. The van der Waals surface area contributed by atoms with E-state index in [0.29, 0.717) is 16.6 Å². The minimum Gasteiger partial charge on any atom is -0.465 e. The number of carbonyl (C=O) groups is 2. The first-order valence-corrected chi connectivity index (χ1v) is 10.6. The van der Waals surface area contributed by atoms with Gasteiger partial charge in [0.1, 0.15) is 17.6 Å². The molecule has 31 heavy (non-hydrogen) atoms. The molecule has 0 radical (unpaired) electrons. The van der Waals surface area contributed by atoms with Gasteiger partial charge in [-0.3, -0.25) is 10.2 Å². The molecule has 1 N–H and O–H groups in total. The number of rotatable bonds is 6. The fraction of sp³-hybridized carbons (Fsp3) is 0.158. The Morgan fingerprint density at radius 1 is 1.19 bits per heavy atom. The van der Waals surface area contributed by atoms with Gasteiger partial charge in [0.2, 0.25) is 0 Å². The zero-order valence-electron chi connectivity index (χ0n) is 16.7. The van der Waals surface area contributed by atoms with Crippen molar-refractivity contribution in [2.24, 2.45) is 4.40 Å². The highest BCUT2D eigenvalue weighted by Gasteiger charge is 2.20. The van der Waals surface area contributed by atoms with Gasteiger partial charge in [-0.15, -0.1) is 4.40 Å². The number of ether oxygens (including phenoxy) is 1. The Labute approximate surface area is 183 Å². The number of halogens is 1. The summed E-state index contributed by atoms with van der Waals surface area (Å²) in [5.74, 6) is -1.10. The molecule has 162 valence electrons. The Morgan fingerprint density at radius 2 is 1.90 bits per heavy atom. The maximum absolute atomic E-state index is 12.7. The van der Waals surface area contributed by atoms with Crippen LogP contribution < -0.4 is 5.43 Å². The Bertz CT molecular complexity index is 1300. The summed E-state index contributed by atoms with van der Waals surface area (Å²) in [7, 11) is 0.412. The number of benzene rings is 2. The standard InChI is InChI=1S/C19H18ClN5O5S/c1-24(2)11-22-31(28,29)17-9-12(4-6-14(17)20)18(26)23-25-10-21-15-8-13(19(27)30-3)5-7-16(15)25/h4-11H,1-3H3,(H,23,26). The van der Waals surface area contributed by atoms with Gasteiger partial charge in [0.05, 0.1) is 28.7 Å². The van der Waals surface area contributed by atoms with Crippen molar-refractivity contribution in [3.63, 3.8) is 0 Å². The van der Waals surface area contributed by atoms with E-state index in [0.717, 1.165) is 12.4 Å². The van der Waals surface area contributed by atoms with E-state index in [9.17, 15) is 18.0 Å². The first-order chi connectivity index (χ1) is 14.6. The molecule has 3 rings (SSSR count). The third-order valence-electron chi connectivity index (χ3n) is 4.08. The SMILES string of the molecule is COC(=O)c1ccc2c(c1)ncn2NC(=O)c1ccc(Cl)c(S(=O)(=O)N=CN(C)C)c1. The molecular formula is C19H18ClN5O5S. The van der Waals surface area contributed by atoms with Gasteiger partial charge in [0.25, 0.3) is 15.9 Å². The van der Waals surface area contributed by atoms with Crippen molar-refractivity contribution in [3.05, 3.63) is 58.9 Å². The van der Waals surface area contributed by atoms with Gasteiger partial charge < -0.3 is 9.64 Å². The summed E-state index contributed by atoms with van der Waals surface area (Å²) in [5, 5.41) is -0.0594. The van der Waals surface area contributed by atoms with Crippen LogP contribution in [0.3, 0.4) is 0 Å². The van der Waals surface area contributed by atoms with E-state index in [-0.39, 0.29) is 15.5 Å². The zero-order chi connectivity index (χ0) is 22.8. The average Bonchev–Trinajstić information content (AvgIpc) is 3.13. The molecule has 0 saturated carbocycles. The lowest BCUT2D eigenvalue weighted by Gasteiger charge is -2.09. The number of fused-ring (bicyclic) bond motifs is 1. The van der Waals surface area contributed by atoms with Crippen molar-refractivity contribution in [2.75, 3.05) is 26.6 Å². The number of esters is 1. The van der Waals surface area contributed by atoms with Gasteiger partial charge in [0.15, 0.2) is 0 Å². The summed E-state index contributed by atoms with van der Waals surface area (Å²) >= 11 is 6.02. The third kappa shape index (κ3) is 4.84. The van der Waals surface area contributed by atoms with E-state index in [2.05, 4.69) is 19.5 Å². The van der Waals surface area contributed by atoms with E-state index in [1.54, 1.807) is 20.2 Å². The van der Waals surface area contributed by atoms with Crippen molar-refractivity contribution in [1.82, 2.24) is 14.6 Å². The highest BCUT2D eigenvalue weighted by molar-refractivity contribution is 7.90. The summed E-state index contributed by atoms with van der Waals surface area (Å²) in [5.41, 5.74) is 3.96. The van der Waals surface area contributed by atoms with Crippen molar-refractivity contribution in [2.45, 2.75) is 4.90 Å². The normalized spacial score (nSPS) is 11.6. The van der Waals surface area contributed by atoms with Gasteiger partial charge in [-0.1, -0.05) is 11.6 Å². The van der Waals surface area contributed by atoms with Crippen LogP contribution in [0.2, 0.25) is 5.02 Å². The number of sulfonamides is 1. The molecule has 12 heteroatoms. The lowest BCUT2D eigenvalue weighted by atomic mass is 10.2. The second kappa shape index (κ2) is 8.74. The number of hydrogen-bond acceptors (Lipinski definition) is 6. The number of carbonyl (C=O) groups excluding carboxylic acids is 2. The number of nitrogens with zero attached hydrogens (tertiary/aromatic N) is 4. The second-order valence-corrected chi connectivity index (χ2v) is 8.56. The number of amides is 1. The molecule has 1 heterocycles. The molecule has 0 spiro atoms. The minimum atomic E-state index is -4.10. The summed E-state index contributed by atoms with van der Waals surface area (Å²) in [6.07, 6.45) is 2.48. The minimum absolute atomic E-state index is 0.0519. The fourth-order valence-corrected chi connectivity index (χ4v) is 4.00. The molecule has 1 aromatic heterocycles. The Balaban J connectivity index is 1.90. The van der Waals surface area contributed by atoms with Crippen LogP contribution in [0.1, 0.15) is 20.7 Å². The molecule has 0 atom stereocenters. The summed E-state index contributed by atoms with van der Waals surface area (Å²) in [6, 6.07) is 8.51. The molecule has 3 aromatic rings. The van der Waals surface area contributed by atoms with Crippen LogP contribution in [0.15, 0.2) is 52.0 Å². The Hall–Kier alpha value is -3.44. The highest BCUT2D eigenvalue weighted by atomic mass is 35.5. The van der Waals surface area contributed by atoms with Crippen LogP contribution in [0.4, 0.5) is 0 Å². The molecule has 10 nitrogen and oxygen atoms in total. The monoisotopic (exact) mass is 463 g/mol. The van der Waals surface area contributed by atoms with Gasteiger partial charge >= 0.3 is 5.97 Å². The van der Waals surface area contributed by atoms with Crippen LogP contribution in [0.25, 0.3) is 11.0 Å². The predicted octanol–water partition coefficient (Wildman–Crippen LogP) is 2.14. The topological polar surface area (TPSA) is 123 Å². The highest BCUT2D eigenvalue weighted by Crippen LogP contribution is 2.24. The Kier molecular flexibility index (Phi) is 6.27. The molecule has 0 bridgehead atoms.